The van der Waals surface area contributed by atoms with E-state index in [0.29, 0.717) is 17.1 Å². The van der Waals surface area contributed by atoms with Gasteiger partial charge in [0.1, 0.15) is 5.69 Å². The summed E-state index contributed by atoms with van der Waals surface area (Å²) < 4.78 is 1.93. The maximum Gasteiger partial charge on any atom is 0.272 e. The second kappa shape index (κ2) is 4.96. The Bertz CT molecular complexity index is 558. The number of benzene rings is 1. The Morgan fingerprint density at radius 3 is 2.61 bits per heavy atom. The molecule has 0 atom stereocenters. The molecule has 0 spiro atoms. The first-order valence-electron chi connectivity index (χ1n) is 5.92. The van der Waals surface area contributed by atoms with E-state index in [1.165, 1.54) is 0 Å². The highest BCUT2D eigenvalue weighted by Gasteiger charge is 2.13. The lowest BCUT2D eigenvalue weighted by molar-refractivity contribution is 0.101. The van der Waals surface area contributed by atoms with Gasteiger partial charge >= 0.3 is 0 Å². The predicted molar refractivity (Wildman–Crippen MR) is 73.6 cm³/mol. The van der Waals surface area contributed by atoms with Crippen molar-refractivity contribution in [1.29, 1.82) is 0 Å². The molecular formula is C14H17N3O. The minimum atomic E-state index is -0.147. The van der Waals surface area contributed by atoms with Crippen LogP contribution in [-0.4, -0.2) is 10.5 Å². The van der Waals surface area contributed by atoms with Gasteiger partial charge in [-0.2, -0.15) is 0 Å². The summed E-state index contributed by atoms with van der Waals surface area (Å²) in [6.45, 7) is 4.07. The molecule has 0 bridgehead atoms. The van der Waals surface area contributed by atoms with Gasteiger partial charge in [0, 0.05) is 12.2 Å². The maximum absolute atomic E-state index is 12.2. The first-order chi connectivity index (χ1) is 8.59. The SMILES string of the molecule is CC(C)n1cccc1C(=O)Nc1ccccc1N. The van der Waals surface area contributed by atoms with Crippen LogP contribution in [0.1, 0.15) is 30.4 Å². The molecule has 4 nitrogen and oxygen atoms in total. The predicted octanol–water partition coefficient (Wildman–Crippen LogP) is 2.90. The summed E-state index contributed by atoms with van der Waals surface area (Å²) in [6, 6.07) is 11.1. The molecule has 94 valence electrons. The van der Waals surface area contributed by atoms with Gasteiger partial charge in [0.05, 0.1) is 11.4 Å². The Kier molecular flexibility index (Phi) is 3.37. The second-order valence-corrected chi connectivity index (χ2v) is 4.44. The Balaban J connectivity index is 2.23. The lowest BCUT2D eigenvalue weighted by Crippen LogP contribution is -2.18. The molecule has 1 aromatic carbocycles. The van der Waals surface area contributed by atoms with Gasteiger partial charge in [-0.15, -0.1) is 0 Å². The molecule has 18 heavy (non-hydrogen) atoms. The lowest BCUT2D eigenvalue weighted by Gasteiger charge is -2.13. The Hall–Kier alpha value is -2.23. The summed E-state index contributed by atoms with van der Waals surface area (Å²) in [5, 5.41) is 2.82. The van der Waals surface area contributed by atoms with Gasteiger partial charge in [0.2, 0.25) is 0 Å². The molecule has 0 radical (unpaired) electrons. The number of rotatable bonds is 3. The normalized spacial score (nSPS) is 10.6. The van der Waals surface area contributed by atoms with E-state index in [9.17, 15) is 4.79 Å². The van der Waals surface area contributed by atoms with Gasteiger partial charge in [0.15, 0.2) is 0 Å². The third-order valence-corrected chi connectivity index (χ3v) is 2.78. The number of amides is 1. The van der Waals surface area contributed by atoms with Gasteiger partial charge in [-0.25, -0.2) is 0 Å². The molecule has 1 heterocycles. The van der Waals surface area contributed by atoms with Gasteiger partial charge in [-0.05, 0) is 38.1 Å². The van der Waals surface area contributed by atoms with Gasteiger partial charge in [0.25, 0.3) is 5.91 Å². The fourth-order valence-electron chi connectivity index (χ4n) is 1.83. The zero-order valence-electron chi connectivity index (χ0n) is 10.6. The van der Waals surface area contributed by atoms with Crippen LogP contribution >= 0.6 is 0 Å². The number of nitrogen functional groups attached to an aromatic ring is 1. The zero-order valence-corrected chi connectivity index (χ0v) is 10.6. The fraction of sp³-hybridized carbons (Fsp3) is 0.214. The molecule has 1 amide bonds. The molecule has 1 aromatic heterocycles. The highest BCUT2D eigenvalue weighted by Crippen LogP contribution is 2.19. The minimum Gasteiger partial charge on any atom is -0.397 e. The van der Waals surface area contributed by atoms with Crippen LogP contribution in [0.25, 0.3) is 0 Å². The van der Waals surface area contributed by atoms with E-state index in [-0.39, 0.29) is 11.9 Å². The molecular weight excluding hydrogens is 226 g/mol. The van der Waals surface area contributed by atoms with Crippen LogP contribution in [0.4, 0.5) is 11.4 Å². The van der Waals surface area contributed by atoms with Gasteiger partial charge in [-0.1, -0.05) is 12.1 Å². The average molecular weight is 243 g/mol. The van der Waals surface area contributed by atoms with Crippen LogP contribution in [0, 0.1) is 0 Å². The molecule has 0 saturated carbocycles. The van der Waals surface area contributed by atoms with E-state index in [1.54, 1.807) is 18.2 Å². The summed E-state index contributed by atoms with van der Waals surface area (Å²) in [5.41, 5.74) is 7.63. The molecule has 0 aliphatic heterocycles. The van der Waals surface area contributed by atoms with Crippen molar-refractivity contribution in [2.45, 2.75) is 19.9 Å². The average Bonchev–Trinajstić information content (AvgIpc) is 2.81. The smallest absolute Gasteiger partial charge is 0.272 e. The maximum atomic E-state index is 12.2. The molecule has 0 aliphatic carbocycles. The fourth-order valence-corrected chi connectivity index (χ4v) is 1.83. The Labute approximate surface area is 106 Å². The quantitative estimate of drug-likeness (QED) is 0.814. The number of carbonyl (C=O) groups excluding carboxylic acids is 1. The van der Waals surface area contributed by atoms with Crippen LogP contribution in [-0.2, 0) is 0 Å². The van der Waals surface area contributed by atoms with Crippen LogP contribution < -0.4 is 11.1 Å². The summed E-state index contributed by atoms with van der Waals surface area (Å²) in [5.74, 6) is -0.147. The van der Waals surface area contributed by atoms with Crippen molar-refractivity contribution in [3.63, 3.8) is 0 Å². The largest absolute Gasteiger partial charge is 0.397 e. The molecule has 0 aliphatic rings. The van der Waals surface area contributed by atoms with E-state index in [1.807, 2.05) is 42.8 Å². The summed E-state index contributed by atoms with van der Waals surface area (Å²) in [7, 11) is 0. The van der Waals surface area contributed by atoms with Crippen molar-refractivity contribution in [2.75, 3.05) is 11.1 Å². The van der Waals surface area contributed by atoms with E-state index in [2.05, 4.69) is 5.32 Å². The number of nitrogens with two attached hydrogens (primary N) is 1. The first kappa shape index (κ1) is 12.2. The number of hydrogen-bond donors (Lipinski definition) is 2. The first-order valence-corrected chi connectivity index (χ1v) is 5.92. The van der Waals surface area contributed by atoms with Gasteiger partial charge < -0.3 is 15.6 Å². The van der Waals surface area contributed by atoms with Crippen LogP contribution in [0.2, 0.25) is 0 Å². The minimum absolute atomic E-state index is 0.147. The summed E-state index contributed by atoms with van der Waals surface area (Å²) >= 11 is 0. The number of anilines is 2. The number of para-hydroxylation sites is 2. The molecule has 2 aromatic rings. The number of aromatic nitrogens is 1. The standard InChI is InChI=1S/C14H17N3O/c1-10(2)17-9-5-8-13(17)14(18)16-12-7-4-3-6-11(12)15/h3-10H,15H2,1-2H3,(H,16,18). The van der Waals surface area contributed by atoms with Crippen molar-refractivity contribution in [2.24, 2.45) is 0 Å². The van der Waals surface area contributed by atoms with E-state index in [0.717, 1.165) is 0 Å². The highest BCUT2D eigenvalue weighted by molar-refractivity contribution is 6.04. The Morgan fingerprint density at radius 2 is 1.94 bits per heavy atom. The van der Waals surface area contributed by atoms with Crippen LogP contribution in [0.15, 0.2) is 42.6 Å². The lowest BCUT2D eigenvalue weighted by atomic mass is 10.2. The molecule has 2 rings (SSSR count). The highest BCUT2D eigenvalue weighted by atomic mass is 16.1. The topological polar surface area (TPSA) is 60.0 Å². The van der Waals surface area contributed by atoms with E-state index < -0.39 is 0 Å². The van der Waals surface area contributed by atoms with E-state index in [4.69, 9.17) is 5.73 Å². The summed E-state index contributed by atoms with van der Waals surface area (Å²) in [4.78, 5) is 12.2. The zero-order chi connectivity index (χ0) is 13.1. The van der Waals surface area contributed by atoms with Crippen LogP contribution in [0.3, 0.4) is 0 Å². The number of nitrogens with one attached hydrogen (secondary N) is 1. The monoisotopic (exact) mass is 243 g/mol. The molecule has 0 fully saturated rings. The van der Waals surface area contributed by atoms with Crippen molar-refractivity contribution in [3.05, 3.63) is 48.3 Å². The Morgan fingerprint density at radius 1 is 1.22 bits per heavy atom. The van der Waals surface area contributed by atoms with Crippen molar-refractivity contribution in [1.82, 2.24) is 4.57 Å². The van der Waals surface area contributed by atoms with Crippen molar-refractivity contribution < 1.29 is 4.79 Å². The second-order valence-electron chi connectivity index (χ2n) is 4.44. The van der Waals surface area contributed by atoms with Crippen molar-refractivity contribution in [3.8, 4) is 0 Å². The van der Waals surface area contributed by atoms with Crippen molar-refractivity contribution >= 4 is 17.3 Å². The third kappa shape index (κ3) is 2.37. The number of nitrogens with zero attached hydrogens (tertiary/aromatic N) is 1. The number of hydrogen-bond acceptors (Lipinski definition) is 2. The molecule has 0 unspecified atom stereocenters. The molecule has 3 N–H and O–H groups in total. The third-order valence-electron chi connectivity index (χ3n) is 2.78. The van der Waals surface area contributed by atoms with E-state index >= 15 is 0 Å². The number of carbonyl (C=O) groups is 1. The van der Waals surface area contributed by atoms with Gasteiger partial charge in [-0.3, -0.25) is 4.79 Å². The summed E-state index contributed by atoms with van der Waals surface area (Å²) in [6.07, 6.45) is 1.90. The van der Waals surface area contributed by atoms with Crippen LogP contribution in [0.5, 0.6) is 0 Å². The molecule has 0 saturated heterocycles. The molecule has 4 heteroatoms.